The van der Waals surface area contributed by atoms with E-state index in [4.69, 9.17) is 4.74 Å². The third-order valence-electron chi connectivity index (χ3n) is 6.19. The Hall–Kier alpha value is -3.88. The summed E-state index contributed by atoms with van der Waals surface area (Å²) in [6.45, 7) is 0.248. The van der Waals surface area contributed by atoms with Gasteiger partial charge in [-0.05, 0) is 46.4 Å². The SMILES string of the molecule is COC(=O)c1ccc(C(O)C(O)CCNC(=O)OCC2c3ccccc3-c3ccccc32)cc1O. The first-order chi connectivity index (χ1) is 16.9. The number of hydrogen-bond acceptors (Lipinski definition) is 7. The minimum Gasteiger partial charge on any atom is -0.507 e. The predicted molar refractivity (Wildman–Crippen MR) is 128 cm³/mol. The normalized spacial score (nSPS) is 13.9. The van der Waals surface area contributed by atoms with Gasteiger partial charge in [-0.25, -0.2) is 9.59 Å². The molecule has 2 atom stereocenters. The molecule has 8 heteroatoms. The molecule has 2 unspecified atom stereocenters. The molecule has 0 saturated heterocycles. The largest absolute Gasteiger partial charge is 0.507 e. The molecule has 3 aromatic rings. The zero-order chi connectivity index (χ0) is 24.9. The lowest BCUT2D eigenvalue weighted by molar-refractivity contribution is 0.0135. The van der Waals surface area contributed by atoms with Crippen molar-refractivity contribution in [2.45, 2.75) is 24.5 Å². The van der Waals surface area contributed by atoms with E-state index in [9.17, 15) is 24.9 Å². The molecular formula is C27H27NO7. The van der Waals surface area contributed by atoms with E-state index >= 15 is 0 Å². The number of phenols is 1. The molecule has 0 spiro atoms. The van der Waals surface area contributed by atoms with Crippen molar-refractivity contribution in [3.05, 3.63) is 89.0 Å². The standard InChI is InChI=1S/C27H27NO7/c1-34-26(32)21-11-10-16(14-24(21)30)25(31)23(29)12-13-28-27(33)35-15-22-19-8-4-2-6-17(19)18-7-3-5-9-20(18)22/h2-11,14,22-23,25,29-31H,12-13,15H2,1H3,(H,28,33). The monoisotopic (exact) mass is 477 g/mol. The van der Waals surface area contributed by atoms with Gasteiger partial charge in [-0.3, -0.25) is 0 Å². The molecule has 0 bridgehead atoms. The van der Waals surface area contributed by atoms with E-state index in [0.29, 0.717) is 0 Å². The second-order valence-electron chi connectivity index (χ2n) is 8.32. The highest BCUT2D eigenvalue weighted by Crippen LogP contribution is 2.44. The molecule has 0 fully saturated rings. The highest BCUT2D eigenvalue weighted by molar-refractivity contribution is 5.92. The summed E-state index contributed by atoms with van der Waals surface area (Å²) in [6, 6.07) is 20.0. The van der Waals surface area contributed by atoms with E-state index in [1.54, 1.807) is 0 Å². The van der Waals surface area contributed by atoms with Gasteiger partial charge in [0, 0.05) is 12.5 Å². The minimum absolute atomic E-state index is 0.0464. The van der Waals surface area contributed by atoms with Crippen molar-refractivity contribution in [2.24, 2.45) is 0 Å². The topological polar surface area (TPSA) is 125 Å². The summed E-state index contributed by atoms with van der Waals surface area (Å²) >= 11 is 0. The summed E-state index contributed by atoms with van der Waals surface area (Å²) in [5.41, 5.74) is 4.68. The van der Waals surface area contributed by atoms with Crippen molar-refractivity contribution in [1.29, 1.82) is 0 Å². The molecule has 0 aromatic heterocycles. The molecule has 4 N–H and O–H groups in total. The van der Waals surface area contributed by atoms with Gasteiger partial charge in [0.15, 0.2) is 0 Å². The Kier molecular flexibility index (Phi) is 7.33. The number of nitrogens with one attached hydrogen (secondary N) is 1. The summed E-state index contributed by atoms with van der Waals surface area (Å²) in [6.07, 6.45) is -3.11. The number of amides is 1. The van der Waals surface area contributed by atoms with Gasteiger partial charge in [-0.15, -0.1) is 0 Å². The van der Waals surface area contributed by atoms with E-state index in [2.05, 4.69) is 22.2 Å². The maximum absolute atomic E-state index is 12.3. The number of esters is 1. The molecule has 8 nitrogen and oxygen atoms in total. The van der Waals surface area contributed by atoms with Crippen LogP contribution in [0.4, 0.5) is 4.79 Å². The molecule has 1 amide bonds. The average Bonchev–Trinajstić information content (AvgIpc) is 3.20. The van der Waals surface area contributed by atoms with Crippen molar-refractivity contribution in [1.82, 2.24) is 5.32 Å². The van der Waals surface area contributed by atoms with Crippen LogP contribution in [0.3, 0.4) is 0 Å². The van der Waals surface area contributed by atoms with Crippen LogP contribution in [0, 0.1) is 0 Å². The van der Waals surface area contributed by atoms with Crippen LogP contribution in [0.2, 0.25) is 0 Å². The number of ether oxygens (including phenoxy) is 2. The molecular weight excluding hydrogens is 450 g/mol. The Morgan fingerprint density at radius 3 is 2.20 bits per heavy atom. The molecule has 4 rings (SSSR count). The summed E-state index contributed by atoms with van der Waals surface area (Å²) in [5, 5.41) is 33.3. The lowest BCUT2D eigenvalue weighted by Gasteiger charge is -2.19. The second-order valence-corrected chi connectivity index (χ2v) is 8.32. The van der Waals surface area contributed by atoms with Crippen LogP contribution in [0.15, 0.2) is 66.7 Å². The number of carbonyl (C=O) groups excluding carboxylic acids is 2. The van der Waals surface area contributed by atoms with Crippen LogP contribution in [-0.4, -0.2) is 53.7 Å². The summed E-state index contributed by atoms with van der Waals surface area (Å²) in [5.74, 6) is -1.13. The number of phenolic OH excluding ortho intramolecular Hbond substituents is 1. The Labute approximate surface area is 202 Å². The van der Waals surface area contributed by atoms with Crippen LogP contribution in [0.25, 0.3) is 11.1 Å². The van der Waals surface area contributed by atoms with E-state index in [1.807, 2.05) is 36.4 Å². The van der Waals surface area contributed by atoms with Gasteiger partial charge >= 0.3 is 12.1 Å². The number of fused-ring (bicyclic) bond motifs is 3. The fourth-order valence-electron chi connectivity index (χ4n) is 4.37. The molecule has 35 heavy (non-hydrogen) atoms. The fourth-order valence-corrected chi connectivity index (χ4v) is 4.37. The Morgan fingerprint density at radius 1 is 0.971 bits per heavy atom. The fraction of sp³-hybridized carbons (Fsp3) is 0.259. The third kappa shape index (κ3) is 5.13. The van der Waals surface area contributed by atoms with Crippen LogP contribution in [-0.2, 0) is 9.47 Å². The van der Waals surface area contributed by atoms with Crippen LogP contribution in [0.1, 0.15) is 45.5 Å². The zero-order valence-corrected chi connectivity index (χ0v) is 19.2. The molecule has 1 aliphatic carbocycles. The number of carbonyl (C=O) groups is 2. The van der Waals surface area contributed by atoms with Crippen LogP contribution in [0.5, 0.6) is 5.75 Å². The number of methoxy groups -OCH3 is 1. The van der Waals surface area contributed by atoms with Crippen molar-refractivity contribution < 1.29 is 34.4 Å². The lowest BCUT2D eigenvalue weighted by Crippen LogP contribution is -2.30. The van der Waals surface area contributed by atoms with Crippen molar-refractivity contribution in [2.75, 3.05) is 20.3 Å². The van der Waals surface area contributed by atoms with E-state index in [1.165, 1.54) is 25.3 Å². The molecule has 0 saturated carbocycles. The van der Waals surface area contributed by atoms with Gasteiger partial charge in [-0.1, -0.05) is 54.6 Å². The number of aliphatic hydroxyl groups excluding tert-OH is 2. The highest BCUT2D eigenvalue weighted by Gasteiger charge is 2.29. The van der Waals surface area contributed by atoms with Gasteiger partial charge in [0.25, 0.3) is 0 Å². The Bertz CT molecular complexity index is 1180. The summed E-state index contributed by atoms with van der Waals surface area (Å²) in [4.78, 5) is 23.8. The lowest BCUT2D eigenvalue weighted by atomic mass is 9.98. The number of hydrogen-bond donors (Lipinski definition) is 4. The number of aromatic hydroxyl groups is 1. The predicted octanol–water partition coefficient (Wildman–Crippen LogP) is 3.50. The van der Waals surface area contributed by atoms with Gasteiger partial charge in [0.1, 0.15) is 24.0 Å². The maximum Gasteiger partial charge on any atom is 0.407 e. The van der Waals surface area contributed by atoms with E-state index < -0.39 is 24.3 Å². The summed E-state index contributed by atoms with van der Waals surface area (Å²) < 4.78 is 10.0. The van der Waals surface area contributed by atoms with Crippen molar-refractivity contribution >= 4 is 12.1 Å². The van der Waals surface area contributed by atoms with Crippen molar-refractivity contribution in [3.63, 3.8) is 0 Å². The summed E-state index contributed by atoms with van der Waals surface area (Å²) in [7, 11) is 1.19. The molecule has 182 valence electrons. The molecule has 3 aromatic carbocycles. The first-order valence-electron chi connectivity index (χ1n) is 11.3. The second kappa shape index (κ2) is 10.6. The first-order valence-corrected chi connectivity index (χ1v) is 11.3. The Morgan fingerprint density at radius 2 is 1.60 bits per heavy atom. The molecule has 0 radical (unpaired) electrons. The molecule has 0 heterocycles. The highest BCUT2D eigenvalue weighted by atomic mass is 16.5. The zero-order valence-electron chi connectivity index (χ0n) is 19.2. The first kappa shape index (κ1) is 24.3. The average molecular weight is 478 g/mol. The smallest absolute Gasteiger partial charge is 0.407 e. The van der Waals surface area contributed by atoms with Crippen LogP contribution >= 0.6 is 0 Å². The van der Waals surface area contributed by atoms with Crippen LogP contribution < -0.4 is 5.32 Å². The number of benzene rings is 3. The van der Waals surface area contributed by atoms with Gasteiger partial charge < -0.3 is 30.1 Å². The number of rotatable bonds is 8. The van der Waals surface area contributed by atoms with Gasteiger partial charge in [0.2, 0.25) is 0 Å². The van der Waals surface area contributed by atoms with Gasteiger partial charge in [0.05, 0.1) is 13.2 Å². The quantitative estimate of drug-likeness (QED) is 0.366. The van der Waals surface area contributed by atoms with E-state index in [-0.39, 0.29) is 42.4 Å². The maximum atomic E-state index is 12.3. The number of aliphatic hydroxyl groups is 2. The number of alkyl carbamates (subject to hydrolysis) is 1. The van der Waals surface area contributed by atoms with Gasteiger partial charge in [-0.2, -0.15) is 0 Å². The van der Waals surface area contributed by atoms with E-state index in [0.717, 1.165) is 22.3 Å². The third-order valence-corrected chi connectivity index (χ3v) is 6.19. The van der Waals surface area contributed by atoms with Crippen molar-refractivity contribution in [3.8, 4) is 16.9 Å². The Balaban J connectivity index is 1.28. The molecule has 0 aliphatic heterocycles. The molecule has 1 aliphatic rings. The minimum atomic E-state index is -1.32.